The van der Waals surface area contributed by atoms with Crippen LogP contribution in [0.4, 0.5) is 0 Å². The summed E-state index contributed by atoms with van der Waals surface area (Å²) in [6.07, 6.45) is 2.78. The van der Waals surface area contributed by atoms with Crippen molar-refractivity contribution in [2.24, 2.45) is 10.8 Å². The van der Waals surface area contributed by atoms with Gasteiger partial charge in [0.25, 0.3) is 0 Å². The van der Waals surface area contributed by atoms with Crippen molar-refractivity contribution in [2.45, 2.75) is 40.5 Å². The minimum Gasteiger partial charge on any atom is -0.465 e. The molecule has 4 aromatic carbocycles. The molecule has 0 bridgehead atoms. The van der Waals surface area contributed by atoms with Gasteiger partial charge in [-0.1, -0.05) is 161 Å². The van der Waals surface area contributed by atoms with Crippen LogP contribution in [0.1, 0.15) is 62.8 Å². The normalized spacial score (nSPS) is 11.0. The number of benzene rings is 4. The minimum atomic E-state index is -0.787. The zero-order valence-electron chi connectivity index (χ0n) is 33.1. The molecule has 0 heterocycles. The standard InChI is InChI=1S/C48H46N2O8/c1-47(2,33-57-45(53)39(29-49)43(35-19-9-5-10-20-35)36-21-11-6-12-22-36)31-55-41(51)27-17-18-28-42(52)56-32-48(3,4)34-58-46(54)40(30-50)44(37-23-13-7-14-24-37)38-25-15-8-16-26-38/h5-26H,27-28,31-34H2,1-4H3. The quantitative estimate of drug-likeness (QED) is 0.0316. The molecule has 4 aromatic rings. The van der Waals surface area contributed by atoms with E-state index in [1.165, 1.54) is 12.2 Å². The lowest BCUT2D eigenvalue weighted by Gasteiger charge is -2.24. The molecule has 0 aliphatic rings. The number of ether oxygens (including phenoxy) is 4. The average molecular weight is 779 g/mol. The van der Waals surface area contributed by atoms with Crippen molar-refractivity contribution in [3.05, 3.63) is 167 Å². The average Bonchev–Trinajstić information content (AvgIpc) is 3.24. The minimum absolute atomic E-state index is 0.0596. The maximum absolute atomic E-state index is 13.2. The molecule has 10 heteroatoms. The first kappa shape index (κ1) is 43.7. The first-order chi connectivity index (χ1) is 27.8. The third kappa shape index (κ3) is 13.3. The Bertz CT molecular complexity index is 1970. The summed E-state index contributed by atoms with van der Waals surface area (Å²) in [6, 6.07) is 40.5. The summed E-state index contributed by atoms with van der Waals surface area (Å²) in [5, 5.41) is 20.0. The van der Waals surface area contributed by atoms with Crippen molar-refractivity contribution in [2.75, 3.05) is 26.4 Å². The van der Waals surface area contributed by atoms with Gasteiger partial charge in [-0.2, -0.15) is 10.5 Å². The molecule has 10 nitrogen and oxygen atoms in total. The van der Waals surface area contributed by atoms with Gasteiger partial charge in [0, 0.05) is 22.0 Å². The predicted molar refractivity (Wildman–Crippen MR) is 219 cm³/mol. The number of hydrogen-bond acceptors (Lipinski definition) is 10. The van der Waals surface area contributed by atoms with Crippen molar-refractivity contribution >= 4 is 35.0 Å². The van der Waals surface area contributed by atoms with E-state index in [1.807, 2.05) is 133 Å². The van der Waals surface area contributed by atoms with E-state index in [1.54, 1.807) is 27.7 Å². The second-order valence-corrected chi connectivity index (χ2v) is 14.9. The smallest absolute Gasteiger partial charge is 0.349 e. The van der Waals surface area contributed by atoms with E-state index >= 15 is 0 Å². The monoisotopic (exact) mass is 778 g/mol. The summed E-state index contributed by atoms with van der Waals surface area (Å²) in [5.41, 5.74) is 1.88. The zero-order chi connectivity index (χ0) is 42.0. The van der Waals surface area contributed by atoms with Gasteiger partial charge in [-0.3, -0.25) is 9.59 Å². The Morgan fingerprint density at radius 2 is 0.724 bits per heavy atom. The molecule has 0 saturated heterocycles. The second kappa shape index (κ2) is 21.3. The Morgan fingerprint density at radius 3 is 0.983 bits per heavy atom. The molecule has 0 atom stereocenters. The van der Waals surface area contributed by atoms with Crippen LogP contribution >= 0.6 is 0 Å². The highest BCUT2D eigenvalue weighted by atomic mass is 16.6. The predicted octanol–water partition coefficient (Wildman–Crippen LogP) is 8.60. The molecule has 0 unspecified atom stereocenters. The molecular weight excluding hydrogens is 733 g/mol. The summed E-state index contributed by atoms with van der Waals surface area (Å²) in [6.45, 7) is 6.70. The number of nitriles is 2. The molecule has 0 amide bonds. The van der Waals surface area contributed by atoms with E-state index in [2.05, 4.69) is 0 Å². The first-order valence-electron chi connectivity index (χ1n) is 18.6. The van der Waals surface area contributed by atoms with Crippen LogP contribution in [0.3, 0.4) is 0 Å². The number of carbonyl (C=O) groups excluding carboxylic acids is 4. The summed E-state index contributed by atoms with van der Waals surface area (Å²) in [4.78, 5) is 51.3. The van der Waals surface area contributed by atoms with Gasteiger partial charge in [0.1, 0.15) is 36.5 Å². The van der Waals surface area contributed by atoms with Crippen LogP contribution in [0, 0.1) is 33.5 Å². The fraction of sp³-hybridized carbons (Fsp3) is 0.250. The van der Waals surface area contributed by atoms with Crippen molar-refractivity contribution in [1.29, 1.82) is 10.5 Å². The molecule has 0 spiro atoms. The molecule has 0 radical (unpaired) electrons. The summed E-state index contributed by atoms with van der Waals surface area (Å²) in [5.74, 6) is -2.67. The molecule has 0 aliphatic carbocycles. The summed E-state index contributed by atoms with van der Waals surface area (Å²) < 4.78 is 21.9. The van der Waals surface area contributed by atoms with Crippen LogP contribution in [0.15, 0.2) is 145 Å². The van der Waals surface area contributed by atoms with Crippen LogP contribution in [0.25, 0.3) is 11.1 Å². The van der Waals surface area contributed by atoms with E-state index in [0.29, 0.717) is 33.4 Å². The van der Waals surface area contributed by atoms with Gasteiger partial charge >= 0.3 is 23.9 Å². The van der Waals surface area contributed by atoms with Crippen LogP contribution in [-0.4, -0.2) is 50.3 Å². The van der Waals surface area contributed by atoms with Gasteiger partial charge in [-0.05, 0) is 22.3 Å². The molecule has 0 aromatic heterocycles. The highest BCUT2D eigenvalue weighted by molar-refractivity contribution is 6.06. The van der Waals surface area contributed by atoms with Crippen molar-refractivity contribution in [1.82, 2.24) is 0 Å². The third-order valence-electron chi connectivity index (χ3n) is 8.55. The summed E-state index contributed by atoms with van der Waals surface area (Å²) in [7, 11) is 0. The van der Waals surface area contributed by atoms with Gasteiger partial charge in [0.2, 0.25) is 0 Å². The van der Waals surface area contributed by atoms with Crippen LogP contribution in [0.2, 0.25) is 0 Å². The van der Waals surface area contributed by atoms with Crippen LogP contribution < -0.4 is 0 Å². The number of carbonyl (C=O) groups is 4. The Kier molecular flexibility index (Phi) is 16.1. The highest BCUT2D eigenvalue weighted by Gasteiger charge is 2.27. The van der Waals surface area contributed by atoms with Gasteiger partial charge in [-0.15, -0.1) is 0 Å². The van der Waals surface area contributed by atoms with Gasteiger partial charge in [-0.25, -0.2) is 9.59 Å². The van der Waals surface area contributed by atoms with E-state index in [0.717, 1.165) is 0 Å². The molecule has 0 N–H and O–H groups in total. The number of nitrogens with zero attached hydrogens (tertiary/aromatic N) is 2. The maximum Gasteiger partial charge on any atom is 0.349 e. The maximum atomic E-state index is 13.2. The third-order valence-corrected chi connectivity index (χ3v) is 8.55. The van der Waals surface area contributed by atoms with E-state index < -0.39 is 34.7 Å². The lowest BCUT2D eigenvalue weighted by atomic mass is 9.93. The van der Waals surface area contributed by atoms with E-state index in [-0.39, 0.29) is 50.4 Å². The summed E-state index contributed by atoms with van der Waals surface area (Å²) >= 11 is 0. The lowest BCUT2D eigenvalue weighted by Crippen LogP contribution is -2.29. The van der Waals surface area contributed by atoms with Gasteiger partial charge in [0.05, 0.1) is 26.1 Å². The molecule has 0 saturated carbocycles. The van der Waals surface area contributed by atoms with Crippen molar-refractivity contribution in [3.63, 3.8) is 0 Å². The lowest BCUT2D eigenvalue weighted by molar-refractivity contribution is -0.151. The molecule has 58 heavy (non-hydrogen) atoms. The Hall–Kier alpha value is -7.04. The first-order valence-corrected chi connectivity index (χ1v) is 18.6. The Balaban J connectivity index is 1.22. The van der Waals surface area contributed by atoms with Crippen molar-refractivity contribution < 1.29 is 38.1 Å². The van der Waals surface area contributed by atoms with Crippen molar-refractivity contribution in [3.8, 4) is 12.1 Å². The Morgan fingerprint density at radius 1 is 0.466 bits per heavy atom. The Labute approximate surface area is 339 Å². The van der Waals surface area contributed by atoms with Crippen LogP contribution in [0.5, 0.6) is 0 Å². The number of rotatable bonds is 18. The van der Waals surface area contributed by atoms with E-state index in [4.69, 9.17) is 18.9 Å². The SMILES string of the molecule is CC(C)(COC(=O)CC=CCC(=O)OCC(C)(C)COC(=O)C(C#N)=C(c1ccccc1)c1ccccc1)COC(=O)C(C#N)=C(c1ccccc1)c1ccccc1. The molecule has 0 aliphatic heterocycles. The van der Waals surface area contributed by atoms with Gasteiger partial charge < -0.3 is 18.9 Å². The highest BCUT2D eigenvalue weighted by Crippen LogP contribution is 2.30. The topological polar surface area (TPSA) is 153 Å². The van der Waals surface area contributed by atoms with E-state index in [9.17, 15) is 29.7 Å². The number of esters is 4. The largest absolute Gasteiger partial charge is 0.465 e. The molecule has 0 fully saturated rings. The second-order valence-electron chi connectivity index (χ2n) is 14.9. The van der Waals surface area contributed by atoms with Crippen LogP contribution in [-0.2, 0) is 38.1 Å². The molecule has 296 valence electrons. The fourth-order valence-corrected chi connectivity index (χ4v) is 5.52. The number of hydrogen-bond donors (Lipinski definition) is 0. The molecular formula is C48H46N2O8. The fourth-order valence-electron chi connectivity index (χ4n) is 5.52. The van der Waals surface area contributed by atoms with Gasteiger partial charge in [0.15, 0.2) is 0 Å². The molecule has 4 rings (SSSR count). The zero-order valence-corrected chi connectivity index (χ0v) is 33.1.